The molecule has 1 aliphatic rings. The fourth-order valence-electron chi connectivity index (χ4n) is 1.10. The van der Waals surface area contributed by atoms with Crippen LogP contribution in [0.2, 0.25) is 0 Å². The zero-order chi connectivity index (χ0) is 12.3. The molecule has 0 aromatic rings. The lowest BCUT2D eigenvalue weighted by atomic mass is 9.92. The zero-order valence-electron chi connectivity index (χ0n) is 7.61. The van der Waals surface area contributed by atoms with Crippen molar-refractivity contribution in [3.8, 4) is 12.1 Å². The molecule has 0 heterocycles. The normalized spacial score (nSPS) is 15.0. The summed E-state index contributed by atoms with van der Waals surface area (Å²) in [6, 6.07) is 2.81. The van der Waals surface area contributed by atoms with Crippen molar-refractivity contribution in [2.75, 3.05) is 0 Å². The van der Waals surface area contributed by atoms with Crippen molar-refractivity contribution in [3.05, 3.63) is 45.4 Å². The van der Waals surface area contributed by atoms with E-state index in [1.54, 1.807) is 0 Å². The molecule has 0 unspecified atom stereocenters. The molecule has 0 N–H and O–H groups in total. The molecule has 0 radical (unpaired) electrons. The number of nitriles is 2. The molecule has 6 heteroatoms. The molecule has 1 aliphatic carbocycles. The number of hydrogen-bond acceptors (Lipinski definition) is 4. The lowest BCUT2D eigenvalue weighted by Crippen LogP contribution is -2.23. The number of nitrogens with zero attached hydrogens (tertiary/aromatic N) is 4. The van der Waals surface area contributed by atoms with E-state index in [0.29, 0.717) is 0 Å². The van der Waals surface area contributed by atoms with Crippen LogP contribution in [0.5, 0.6) is 0 Å². The summed E-state index contributed by atoms with van der Waals surface area (Å²) in [6.45, 7) is 13.5. The van der Waals surface area contributed by atoms with E-state index < -0.39 is 34.1 Å². The highest BCUT2D eigenvalue weighted by molar-refractivity contribution is 6.52. The van der Waals surface area contributed by atoms with Gasteiger partial charge in [0.05, 0.1) is 36.4 Å². The Morgan fingerprint density at radius 1 is 0.875 bits per heavy atom. The maximum Gasteiger partial charge on any atom is 0.231 e. The standard InChI is InChI=1S/C10N4O2/c1-13-7-5(3-11)9(15)10(16)6(4-12)8(7)14-2. The van der Waals surface area contributed by atoms with E-state index in [2.05, 4.69) is 9.69 Å². The second kappa shape index (κ2) is 3.88. The van der Waals surface area contributed by atoms with Gasteiger partial charge in [0.25, 0.3) is 0 Å². The molecule has 1 rings (SSSR count). The van der Waals surface area contributed by atoms with E-state index in [0.717, 1.165) is 0 Å². The van der Waals surface area contributed by atoms with Gasteiger partial charge >= 0.3 is 0 Å². The van der Waals surface area contributed by atoms with E-state index in [1.807, 2.05) is 0 Å². The number of hydrogen-bond donors (Lipinski definition) is 0. The van der Waals surface area contributed by atoms with Crippen LogP contribution in [0.4, 0.5) is 0 Å². The Labute approximate surface area is 90.0 Å². The lowest BCUT2D eigenvalue weighted by Gasteiger charge is -2.08. The van der Waals surface area contributed by atoms with Crippen LogP contribution in [0.3, 0.4) is 0 Å². The molecule has 16 heavy (non-hydrogen) atoms. The van der Waals surface area contributed by atoms with Gasteiger partial charge in [-0.25, -0.2) is 9.69 Å². The van der Waals surface area contributed by atoms with Gasteiger partial charge in [-0.1, -0.05) is 0 Å². The molecule has 0 amide bonds. The molecule has 0 aromatic carbocycles. The fourth-order valence-corrected chi connectivity index (χ4v) is 1.10. The maximum atomic E-state index is 11.3. The van der Waals surface area contributed by atoms with Crippen LogP contribution in [0.25, 0.3) is 9.69 Å². The summed E-state index contributed by atoms with van der Waals surface area (Å²) in [5.41, 5.74) is -2.41. The lowest BCUT2D eigenvalue weighted by molar-refractivity contribution is -0.131. The number of Topliss-reactive ketones (excluding diaryl/α,β-unsaturated/α-hetero) is 2. The average molecular weight is 208 g/mol. The van der Waals surface area contributed by atoms with Crippen molar-refractivity contribution in [3.63, 3.8) is 0 Å². The predicted molar refractivity (Wildman–Crippen MR) is 48.5 cm³/mol. The van der Waals surface area contributed by atoms with E-state index in [1.165, 1.54) is 12.1 Å². The number of carbonyl (C=O) groups is 2. The molecule has 6 nitrogen and oxygen atoms in total. The van der Waals surface area contributed by atoms with Crippen LogP contribution in [-0.2, 0) is 9.59 Å². The van der Waals surface area contributed by atoms with Crippen molar-refractivity contribution < 1.29 is 9.59 Å². The van der Waals surface area contributed by atoms with E-state index in [-0.39, 0.29) is 0 Å². The molecule has 0 spiro atoms. The van der Waals surface area contributed by atoms with Crippen LogP contribution in [-0.4, -0.2) is 11.6 Å². The largest absolute Gasteiger partial charge is 0.286 e. The van der Waals surface area contributed by atoms with Crippen molar-refractivity contribution in [1.82, 2.24) is 0 Å². The van der Waals surface area contributed by atoms with Gasteiger partial charge in [0.1, 0.15) is 0 Å². The average Bonchev–Trinajstić information content (AvgIpc) is 2.31. The Hall–Kier alpha value is -3.22. The molecule has 0 fully saturated rings. The zero-order valence-corrected chi connectivity index (χ0v) is 7.61. The molecule has 0 bridgehead atoms. The van der Waals surface area contributed by atoms with E-state index in [4.69, 9.17) is 23.7 Å². The molecule has 0 atom stereocenters. The van der Waals surface area contributed by atoms with Gasteiger partial charge in [-0.05, 0) is 0 Å². The van der Waals surface area contributed by atoms with Gasteiger partial charge in [0, 0.05) is 0 Å². The molecular formula is C10N4O2. The van der Waals surface area contributed by atoms with Crippen molar-refractivity contribution >= 4 is 11.6 Å². The predicted octanol–water partition coefficient (Wildman–Crippen LogP) is 0.532. The Morgan fingerprint density at radius 2 is 1.19 bits per heavy atom. The van der Waals surface area contributed by atoms with Crippen molar-refractivity contribution in [2.45, 2.75) is 0 Å². The summed E-state index contributed by atoms with van der Waals surface area (Å²) < 4.78 is 0. The van der Waals surface area contributed by atoms with Gasteiger partial charge in [-0.3, -0.25) is 9.59 Å². The first-order chi connectivity index (χ1) is 7.62. The van der Waals surface area contributed by atoms with Crippen LogP contribution < -0.4 is 0 Å². The Kier molecular flexibility index (Phi) is 2.63. The summed E-state index contributed by atoms with van der Waals surface area (Å²) in [5, 5.41) is 17.2. The summed E-state index contributed by atoms with van der Waals surface area (Å²) in [4.78, 5) is 28.3. The minimum Gasteiger partial charge on any atom is -0.286 e. The Bertz CT molecular complexity index is 580. The minimum atomic E-state index is -1.21. The number of allylic oxidation sites excluding steroid dienone is 2. The van der Waals surface area contributed by atoms with Gasteiger partial charge in [-0.2, -0.15) is 10.5 Å². The molecule has 0 aliphatic heterocycles. The first-order valence-corrected chi connectivity index (χ1v) is 3.75. The number of rotatable bonds is 0. The SMILES string of the molecule is [C-]#[N+]C1=C(C#N)C(=O)C(=O)C(C#N)=C1[N+]#[C-]. The third-order valence-electron chi connectivity index (χ3n) is 1.81. The highest BCUT2D eigenvalue weighted by atomic mass is 16.2. The van der Waals surface area contributed by atoms with Gasteiger partial charge in [0.2, 0.25) is 23.0 Å². The van der Waals surface area contributed by atoms with Gasteiger partial charge in [0.15, 0.2) is 0 Å². The molecule has 0 saturated carbocycles. The highest BCUT2D eigenvalue weighted by Crippen LogP contribution is 2.27. The molecular weight excluding hydrogens is 208 g/mol. The first kappa shape index (κ1) is 10.9. The third kappa shape index (κ3) is 1.24. The Balaban J connectivity index is 3.79. The monoisotopic (exact) mass is 208 g/mol. The molecule has 0 aromatic heterocycles. The maximum absolute atomic E-state index is 11.3. The van der Waals surface area contributed by atoms with Crippen LogP contribution in [0.1, 0.15) is 0 Å². The third-order valence-corrected chi connectivity index (χ3v) is 1.81. The number of carbonyl (C=O) groups excluding carboxylic acids is 2. The van der Waals surface area contributed by atoms with Gasteiger partial charge < -0.3 is 0 Å². The topological polar surface area (TPSA) is 90.4 Å². The Morgan fingerprint density at radius 3 is 1.38 bits per heavy atom. The fraction of sp³-hybridized carbons (Fsp3) is 0. The summed E-state index contributed by atoms with van der Waals surface area (Å²) >= 11 is 0. The van der Waals surface area contributed by atoms with Crippen LogP contribution in [0.15, 0.2) is 22.5 Å². The highest BCUT2D eigenvalue weighted by Gasteiger charge is 2.35. The second-order valence-corrected chi connectivity index (χ2v) is 2.55. The van der Waals surface area contributed by atoms with Crippen molar-refractivity contribution in [1.29, 1.82) is 10.5 Å². The van der Waals surface area contributed by atoms with Crippen molar-refractivity contribution in [2.24, 2.45) is 0 Å². The summed E-state index contributed by atoms with van der Waals surface area (Å²) in [6.07, 6.45) is 0. The smallest absolute Gasteiger partial charge is 0.231 e. The minimum absolute atomic E-state index is 0.529. The quantitative estimate of drug-likeness (QED) is 0.330. The summed E-state index contributed by atoms with van der Waals surface area (Å²) in [5.74, 6) is -2.42. The van der Waals surface area contributed by atoms with Crippen LogP contribution >= 0.6 is 0 Å². The second-order valence-electron chi connectivity index (χ2n) is 2.55. The first-order valence-electron chi connectivity index (χ1n) is 3.75. The van der Waals surface area contributed by atoms with E-state index >= 15 is 0 Å². The van der Waals surface area contributed by atoms with Gasteiger partial charge in [-0.15, -0.1) is 0 Å². The molecule has 0 saturated heterocycles. The summed E-state index contributed by atoms with van der Waals surface area (Å²) in [7, 11) is 0. The van der Waals surface area contributed by atoms with E-state index in [9.17, 15) is 9.59 Å². The molecule has 72 valence electrons. The van der Waals surface area contributed by atoms with Crippen LogP contribution in [0, 0.1) is 35.8 Å². The number of ketones is 2.